The normalized spacial score (nSPS) is 30.6. The number of allylic oxidation sites excluding steroid dienone is 2. The van der Waals surface area contributed by atoms with E-state index < -0.39 is 84.9 Å². The second-order valence-electron chi connectivity index (χ2n) is 12.0. The molecule has 262 valence electrons. The van der Waals surface area contributed by atoms with Crippen LogP contribution >= 0.6 is 0 Å². The number of aromatic hydroxyl groups is 1. The summed E-state index contributed by atoms with van der Waals surface area (Å²) in [4.78, 5) is 14.3. The third kappa shape index (κ3) is 6.74. The van der Waals surface area contributed by atoms with Crippen LogP contribution in [0.3, 0.4) is 0 Å². The summed E-state index contributed by atoms with van der Waals surface area (Å²) in [6.07, 6.45) is -13.7. The summed E-state index contributed by atoms with van der Waals surface area (Å²) in [5.74, 6) is -0.922. The lowest BCUT2D eigenvalue weighted by molar-refractivity contribution is -0.277. The Bertz CT molecular complexity index is 1680. The number of aliphatic hydroxyl groups is 7. The molecule has 0 saturated carbocycles. The highest BCUT2D eigenvalue weighted by molar-refractivity contribution is 5.91. The Labute approximate surface area is 274 Å². The fraction of sp³-hybridized carbons (Fsp3) is 0.485. The van der Waals surface area contributed by atoms with E-state index in [4.69, 9.17) is 28.1 Å². The van der Waals surface area contributed by atoms with Crippen LogP contribution in [0.2, 0.25) is 0 Å². The number of hydrogen-bond donors (Lipinski definition) is 8. The first-order chi connectivity index (χ1) is 22.8. The van der Waals surface area contributed by atoms with Gasteiger partial charge >= 0.3 is 0 Å². The largest absolute Gasteiger partial charge is 0.507 e. The maximum absolute atomic E-state index is 14.3. The maximum Gasteiger partial charge on any atom is 0.239 e. The summed E-state index contributed by atoms with van der Waals surface area (Å²) >= 11 is 0. The molecule has 5 rings (SSSR count). The average molecular weight is 677 g/mol. The molecule has 2 aromatic carbocycles. The summed E-state index contributed by atoms with van der Waals surface area (Å²) in [5, 5.41) is 82.9. The predicted octanol–water partition coefficient (Wildman–Crippen LogP) is 0.0679. The van der Waals surface area contributed by atoms with Crippen molar-refractivity contribution in [3.05, 3.63) is 57.8 Å². The highest BCUT2D eigenvalue weighted by Gasteiger charge is 2.46. The molecule has 2 saturated heterocycles. The van der Waals surface area contributed by atoms with E-state index in [9.17, 15) is 45.6 Å². The second kappa shape index (κ2) is 14.4. The smallest absolute Gasteiger partial charge is 0.239 e. The van der Waals surface area contributed by atoms with Crippen molar-refractivity contribution in [2.24, 2.45) is 0 Å². The van der Waals surface area contributed by atoms with Gasteiger partial charge in [0.05, 0.1) is 19.8 Å². The first-order valence-corrected chi connectivity index (χ1v) is 15.2. The maximum atomic E-state index is 14.3. The standard InChI is InChI=1S/C33H40O15/c1-13(2)5-10-17-19(45-33-28(42)26(40)23(37)20(12-34)46-33)11-18(35)21-24(38)31(48-32-27(41)25(39)22(36)14(3)44-32)29(47-30(17)21)15-6-8-16(43-4)9-7-15/h5-9,11,14,20,22-23,25-28,32-37,39-42H,10,12H2,1-4H3/t14-,20+,22-,23+,25-,26-,27+,28+,32?,33?/m0/s1. The number of ether oxygens (including phenoxy) is 5. The topological polar surface area (TPSA) is 238 Å². The lowest BCUT2D eigenvalue weighted by atomic mass is 9.99. The Morgan fingerprint density at radius 1 is 0.875 bits per heavy atom. The molecule has 2 aliphatic heterocycles. The van der Waals surface area contributed by atoms with Gasteiger partial charge < -0.3 is 69.0 Å². The monoisotopic (exact) mass is 676 g/mol. The number of phenols is 1. The molecule has 0 spiro atoms. The van der Waals surface area contributed by atoms with E-state index in [2.05, 4.69) is 0 Å². The molecular formula is C33H40O15. The molecule has 0 aliphatic carbocycles. The highest BCUT2D eigenvalue weighted by atomic mass is 16.7. The van der Waals surface area contributed by atoms with Crippen LogP contribution < -0.4 is 19.6 Å². The van der Waals surface area contributed by atoms with Crippen LogP contribution in [0.4, 0.5) is 0 Å². The number of methoxy groups -OCH3 is 1. The van der Waals surface area contributed by atoms with Crippen LogP contribution in [0, 0.1) is 0 Å². The van der Waals surface area contributed by atoms with Crippen LogP contribution in [0.1, 0.15) is 26.3 Å². The fourth-order valence-corrected chi connectivity index (χ4v) is 5.52. The molecule has 0 radical (unpaired) electrons. The molecule has 15 heteroatoms. The van der Waals surface area contributed by atoms with Crippen LogP contribution in [-0.4, -0.2) is 116 Å². The van der Waals surface area contributed by atoms with Crippen molar-refractivity contribution in [1.29, 1.82) is 0 Å². The molecule has 2 unspecified atom stereocenters. The van der Waals surface area contributed by atoms with Crippen LogP contribution in [-0.2, 0) is 15.9 Å². The number of phenolic OH excluding ortho intramolecular Hbond substituents is 1. The average Bonchev–Trinajstić information content (AvgIpc) is 3.06. The van der Waals surface area contributed by atoms with Crippen molar-refractivity contribution < 1.29 is 69.0 Å². The zero-order valence-corrected chi connectivity index (χ0v) is 26.6. The predicted molar refractivity (Wildman–Crippen MR) is 167 cm³/mol. The number of rotatable bonds is 9. The lowest BCUT2D eigenvalue weighted by Crippen LogP contribution is -2.60. The van der Waals surface area contributed by atoms with Gasteiger partial charge in [0.1, 0.15) is 70.9 Å². The van der Waals surface area contributed by atoms with Crippen molar-refractivity contribution in [3.63, 3.8) is 0 Å². The molecule has 1 aromatic heterocycles. The Kier molecular flexibility index (Phi) is 10.6. The van der Waals surface area contributed by atoms with Gasteiger partial charge in [0.15, 0.2) is 5.76 Å². The number of benzene rings is 2. The molecule has 10 atom stereocenters. The number of fused-ring (bicyclic) bond motifs is 1. The molecule has 3 heterocycles. The first-order valence-electron chi connectivity index (χ1n) is 15.2. The van der Waals surface area contributed by atoms with Gasteiger partial charge in [0.2, 0.25) is 23.8 Å². The summed E-state index contributed by atoms with van der Waals surface area (Å²) in [7, 11) is 1.47. The van der Waals surface area contributed by atoms with Crippen LogP contribution in [0.25, 0.3) is 22.3 Å². The van der Waals surface area contributed by atoms with Gasteiger partial charge in [-0.1, -0.05) is 11.6 Å². The SMILES string of the molecule is COc1ccc(-c2oc3c(CC=C(C)C)c(OC4O[C@H](CO)[C@@H](O)[C@H](O)[C@H]4O)cc(O)c3c(=O)c2OC2O[C@@H](C)[C@H](O)[C@H](O)[C@H]2O)cc1. The Morgan fingerprint density at radius 2 is 1.50 bits per heavy atom. The summed E-state index contributed by atoms with van der Waals surface area (Å²) in [6, 6.07) is 7.41. The van der Waals surface area contributed by atoms with E-state index in [1.165, 1.54) is 14.0 Å². The zero-order chi connectivity index (χ0) is 35.0. The van der Waals surface area contributed by atoms with E-state index >= 15 is 0 Å². The summed E-state index contributed by atoms with van der Waals surface area (Å²) in [5.41, 5.74) is 0.341. The van der Waals surface area contributed by atoms with E-state index in [0.717, 1.165) is 11.6 Å². The first kappa shape index (κ1) is 35.5. The Hall–Kier alpha value is -3.77. The second-order valence-corrected chi connectivity index (χ2v) is 12.0. The molecule has 0 amide bonds. The van der Waals surface area contributed by atoms with E-state index in [-0.39, 0.29) is 34.5 Å². The Balaban J connectivity index is 1.71. The molecule has 8 N–H and O–H groups in total. The van der Waals surface area contributed by atoms with Gasteiger partial charge in [-0.25, -0.2) is 0 Å². The third-order valence-electron chi connectivity index (χ3n) is 8.37. The minimum absolute atomic E-state index is 0.0725. The van der Waals surface area contributed by atoms with E-state index in [0.29, 0.717) is 11.3 Å². The van der Waals surface area contributed by atoms with Gasteiger partial charge in [-0.3, -0.25) is 4.79 Å². The highest BCUT2D eigenvalue weighted by Crippen LogP contribution is 2.41. The molecule has 3 aromatic rings. The third-order valence-corrected chi connectivity index (χ3v) is 8.37. The number of hydrogen-bond acceptors (Lipinski definition) is 15. The number of aliphatic hydroxyl groups excluding tert-OH is 7. The summed E-state index contributed by atoms with van der Waals surface area (Å²) in [6.45, 7) is 4.40. The fourth-order valence-electron chi connectivity index (χ4n) is 5.52. The minimum Gasteiger partial charge on any atom is -0.507 e. The van der Waals surface area contributed by atoms with Gasteiger partial charge in [-0.2, -0.15) is 0 Å². The van der Waals surface area contributed by atoms with Crippen molar-refractivity contribution in [2.75, 3.05) is 13.7 Å². The van der Waals surface area contributed by atoms with E-state index in [1.54, 1.807) is 30.3 Å². The van der Waals surface area contributed by atoms with Crippen molar-refractivity contribution >= 4 is 11.0 Å². The molecular weight excluding hydrogens is 636 g/mol. The molecule has 48 heavy (non-hydrogen) atoms. The van der Waals surface area contributed by atoms with Crippen molar-refractivity contribution in [2.45, 2.75) is 88.6 Å². The molecule has 15 nitrogen and oxygen atoms in total. The minimum atomic E-state index is -1.77. The molecule has 2 fully saturated rings. The summed E-state index contributed by atoms with van der Waals surface area (Å²) < 4.78 is 34.5. The van der Waals surface area contributed by atoms with Gasteiger partial charge in [0.25, 0.3) is 0 Å². The van der Waals surface area contributed by atoms with Crippen LogP contribution in [0.5, 0.6) is 23.0 Å². The molecule has 0 bridgehead atoms. The van der Waals surface area contributed by atoms with Crippen molar-refractivity contribution in [1.82, 2.24) is 0 Å². The zero-order valence-electron chi connectivity index (χ0n) is 26.6. The lowest BCUT2D eigenvalue weighted by Gasteiger charge is -2.39. The van der Waals surface area contributed by atoms with Gasteiger partial charge in [-0.15, -0.1) is 0 Å². The Morgan fingerprint density at radius 3 is 2.10 bits per heavy atom. The van der Waals surface area contributed by atoms with Crippen LogP contribution in [0.15, 0.2) is 51.2 Å². The van der Waals surface area contributed by atoms with E-state index in [1.807, 2.05) is 13.8 Å². The van der Waals surface area contributed by atoms with Gasteiger partial charge in [-0.05, 0) is 51.5 Å². The van der Waals surface area contributed by atoms with Gasteiger partial charge in [0, 0.05) is 17.2 Å². The van der Waals surface area contributed by atoms with Crippen molar-refractivity contribution in [3.8, 4) is 34.3 Å². The molecule has 2 aliphatic rings. The quantitative estimate of drug-likeness (QED) is 0.140.